The number of pyridine rings is 1. The van der Waals surface area contributed by atoms with E-state index in [1.54, 1.807) is 0 Å². The standard InChI is InChI=1S/C10H16N.ClH/c1-9(2)8-11-7-5-4-6-10(11)3;/h4-7,9H,8H2,1-3H3;1H/q+1;/p-1. The highest BCUT2D eigenvalue weighted by Crippen LogP contribution is 1.93. The van der Waals surface area contributed by atoms with E-state index in [1.165, 1.54) is 5.69 Å². The lowest BCUT2D eigenvalue weighted by Gasteiger charge is -2.01. The van der Waals surface area contributed by atoms with Gasteiger partial charge >= 0.3 is 0 Å². The fraction of sp³-hybridized carbons (Fsp3) is 0.500. The lowest BCUT2D eigenvalue weighted by Crippen LogP contribution is -3.00. The maximum absolute atomic E-state index is 2.28. The van der Waals surface area contributed by atoms with Gasteiger partial charge < -0.3 is 12.4 Å². The quantitative estimate of drug-likeness (QED) is 0.518. The van der Waals surface area contributed by atoms with Crippen molar-refractivity contribution in [1.82, 2.24) is 0 Å². The van der Waals surface area contributed by atoms with Crippen molar-refractivity contribution in [3.05, 3.63) is 30.1 Å². The lowest BCUT2D eigenvalue weighted by atomic mass is 10.2. The molecule has 12 heavy (non-hydrogen) atoms. The van der Waals surface area contributed by atoms with Crippen molar-refractivity contribution in [3.63, 3.8) is 0 Å². The summed E-state index contributed by atoms with van der Waals surface area (Å²) in [5, 5.41) is 0. The average molecular weight is 186 g/mol. The van der Waals surface area contributed by atoms with Crippen LogP contribution in [0.5, 0.6) is 0 Å². The molecule has 0 spiro atoms. The molecule has 0 unspecified atom stereocenters. The van der Waals surface area contributed by atoms with E-state index in [9.17, 15) is 0 Å². The number of hydrogen-bond donors (Lipinski definition) is 0. The fourth-order valence-electron chi connectivity index (χ4n) is 1.16. The van der Waals surface area contributed by atoms with Gasteiger partial charge in [-0.05, 0) is 0 Å². The van der Waals surface area contributed by atoms with Gasteiger partial charge in [0.2, 0.25) is 0 Å². The molecule has 1 nitrogen and oxygen atoms in total. The predicted octanol–water partition coefficient (Wildman–Crippen LogP) is -1.06. The first kappa shape index (κ1) is 11.4. The van der Waals surface area contributed by atoms with E-state index in [4.69, 9.17) is 0 Å². The van der Waals surface area contributed by atoms with E-state index in [0.717, 1.165) is 12.5 Å². The largest absolute Gasteiger partial charge is 1.00 e. The van der Waals surface area contributed by atoms with Crippen LogP contribution in [0.1, 0.15) is 19.5 Å². The van der Waals surface area contributed by atoms with Crippen LogP contribution in [-0.4, -0.2) is 0 Å². The monoisotopic (exact) mass is 185 g/mol. The van der Waals surface area contributed by atoms with Gasteiger partial charge in [-0.25, -0.2) is 4.57 Å². The van der Waals surface area contributed by atoms with Crippen molar-refractivity contribution in [1.29, 1.82) is 0 Å². The molecule has 1 aromatic rings. The molecule has 0 aliphatic rings. The van der Waals surface area contributed by atoms with E-state index in [1.807, 2.05) is 0 Å². The van der Waals surface area contributed by atoms with Crippen molar-refractivity contribution in [2.75, 3.05) is 0 Å². The molecule has 0 saturated carbocycles. The van der Waals surface area contributed by atoms with Crippen molar-refractivity contribution in [2.24, 2.45) is 5.92 Å². The Morgan fingerprint density at radius 2 is 2.00 bits per heavy atom. The normalized spacial score (nSPS) is 9.67. The Hall–Kier alpha value is -0.560. The van der Waals surface area contributed by atoms with Gasteiger partial charge in [-0.3, -0.25) is 0 Å². The molecule has 68 valence electrons. The smallest absolute Gasteiger partial charge is 0.178 e. The van der Waals surface area contributed by atoms with Crippen LogP contribution in [0, 0.1) is 12.8 Å². The van der Waals surface area contributed by atoms with Gasteiger partial charge in [0.05, 0.1) is 0 Å². The van der Waals surface area contributed by atoms with Gasteiger partial charge in [-0.2, -0.15) is 0 Å². The summed E-state index contributed by atoms with van der Waals surface area (Å²) >= 11 is 0. The van der Waals surface area contributed by atoms with Crippen molar-refractivity contribution in [2.45, 2.75) is 27.3 Å². The summed E-state index contributed by atoms with van der Waals surface area (Å²) in [4.78, 5) is 0. The summed E-state index contributed by atoms with van der Waals surface area (Å²) in [7, 11) is 0. The van der Waals surface area contributed by atoms with Crippen LogP contribution < -0.4 is 17.0 Å². The number of aromatic nitrogens is 1. The third-order valence-electron chi connectivity index (χ3n) is 1.73. The Kier molecular flexibility index (Phi) is 4.91. The van der Waals surface area contributed by atoms with Gasteiger partial charge in [-0.15, -0.1) is 0 Å². The second kappa shape index (κ2) is 5.15. The zero-order chi connectivity index (χ0) is 8.27. The molecular weight excluding hydrogens is 170 g/mol. The Bertz CT molecular complexity index is 233. The molecule has 0 aliphatic heterocycles. The summed E-state index contributed by atoms with van der Waals surface area (Å²) in [6.45, 7) is 7.73. The minimum absolute atomic E-state index is 0. The molecule has 0 saturated heterocycles. The second-order valence-electron chi connectivity index (χ2n) is 3.39. The fourth-order valence-corrected chi connectivity index (χ4v) is 1.16. The lowest BCUT2D eigenvalue weighted by molar-refractivity contribution is -0.708. The molecule has 0 N–H and O–H groups in total. The van der Waals surface area contributed by atoms with E-state index >= 15 is 0 Å². The Balaban J connectivity index is 0.00000121. The maximum atomic E-state index is 2.28. The summed E-state index contributed by atoms with van der Waals surface area (Å²) in [6.07, 6.45) is 2.13. The Morgan fingerprint density at radius 3 is 2.50 bits per heavy atom. The van der Waals surface area contributed by atoms with Gasteiger partial charge in [-0.1, -0.05) is 19.9 Å². The zero-order valence-electron chi connectivity index (χ0n) is 7.92. The first-order valence-electron chi connectivity index (χ1n) is 4.15. The Morgan fingerprint density at radius 1 is 1.33 bits per heavy atom. The third-order valence-corrected chi connectivity index (χ3v) is 1.73. The first-order chi connectivity index (χ1) is 5.20. The molecule has 0 fully saturated rings. The number of halogens is 1. The van der Waals surface area contributed by atoms with E-state index < -0.39 is 0 Å². The summed E-state index contributed by atoms with van der Waals surface area (Å²) in [6, 6.07) is 6.30. The second-order valence-corrected chi connectivity index (χ2v) is 3.39. The van der Waals surface area contributed by atoms with Crippen LogP contribution in [0.25, 0.3) is 0 Å². The van der Waals surface area contributed by atoms with Crippen LogP contribution in [0.4, 0.5) is 0 Å². The van der Waals surface area contributed by atoms with Crippen molar-refractivity contribution >= 4 is 0 Å². The van der Waals surface area contributed by atoms with Crippen LogP contribution in [0.3, 0.4) is 0 Å². The molecule has 1 rings (SSSR count). The minimum Gasteiger partial charge on any atom is -1.00 e. The molecular formula is C10H16ClN. The molecule has 1 aromatic heterocycles. The molecule has 0 radical (unpaired) electrons. The van der Waals surface area contributed by atoms with Crippen LogP contribution in [-0.2, 0) is 6.54 Å². The molecule has 0 aliphatic carbocycles. The topological polar surface area (TPSA) is 3.88 Å². The SMILES string of the molecule is Cc1cccc[n+]1CC(C)C.[Cl-]. The number of nitrogens with zero attached hydrogens (tertiary/aromatic N) is 1. The zero-order valence-corrected chi connectivity index (χ0v) is 8.67. The van der Waals surface area contributed by atoms with Crippen molar-refractivity contribution in [3.8, 4) is 0 Å². The first-order valence-corrected chi connectivity index (χ1v) is 4.15. The molecule has 0 bridgehead atoms. The van der Waals surface area contributed by atoms with Crippen LogP contribution in [0.2, 0.25) is 0 Å². The van der Waals surface area contributed by atoms with Gasteiger partial charge in [0.25, 0.3) is 0 Å². The van der Waals surface area contributed by atoms with Crippen LogP contribution >= 0.6 is 0 Å². The highest BCUT2D eigenvalue weighted by Gasteiger charge is 2.05. The van der Waals surface area contributed by atoms with E-state index in [-0.39, 0.29) is 12.4 Å². The molecule has 2 heteroatoms. The highest BCUT2D eigenvalue weighted by molar-refractivity contribution is 4.93. The van der Waals surface area contributed by atoms with Gasteiger partial charge in [0.1, 0.15) is 0 Å². The Labute approximate surface area is 80.8 Å². The summed E-state index contributed by atoms with van der Waals surface area (Å²) < 4.78 is 2.28. The molecule has 0 amide bonds. The number of aryl methyl sites for hydroxylation is 1. The highest BCUT2D eigenvalue weighted by atomic mass is 35.5. The molecule has 0 atom stereocenters. The van der Waals surface area contributed by atoms with Gasteiger partial charge in [0.15, 0.2) is 18.4 Å². The number of rotatable bonds is 2. The minimum atomic E-state index is 0. The summed E-state index contributed by atoms with van der Waals surface area (Å²) in [5.41, 5.74) is 1.33. The number of hydrogen-bond acceptors (Lipinski definition) is 0. The maximum Gasteiger partial charge on any atom is 0.178 e. The average Bonchev–Trinajstić information content (AvgIpc) is 1.93. The predicted molar refractivity (Wildman–Crippen MR) is 46.2 cm³/mol. The third kappa shape index (κ3) is 3.22. The van der Waals surface area contributed by atoms with E-state index in [0.29, 0.717) is 0 Å². The van der Waals surface area contributed by atoms with Crippen LogP contribution in [0.15, 0.2) is 24.4 Å². The van der Waals surface area contributed by atoms with Gasteiger partial charge in [0, 0.05) is 25.0 Å². The van der Waals surface area contributed by atoms with E-state index in [2.05, 4.69) is 49.7 Å². The summed E-state index contributed by atoms with van der Waals surface area (Å²) in [5.74, 6) is 0.723. The van der Waals surface area contributed by atoms with Crippen molar-refractivity contribution < 1.29 is 17.0 Å². The molecule has 0 aromatic carbocycles. The molecule has 1 heterocycles.